The number of non-ortho nitro benzene ring substituents is 1. The monoisotopic (exact) mass is 376 g/mol. The van der Waals surface area contributed by atoms with Crippen LogP contribution in [0.1, 0.15) is 33.2 Å². The van der Waals surface area contributed by atoms with Gasteiger partial charge in [-0.05, 0) is 30.7 Å². The number of hydrogen-bond acceptors (Lipinski definition) is 5. The van der Waals surface area contributed by atoms with E-state index < -0.39 is 16.8 Å². The van der Waals surface area contributed by atoms with Gasteiger partial charge in [0.05, 0.1) is 17.1 Å². The molecule has 0 atom stereocenters. The van der Waals surface area contributed by atoms with Crippen molar-refractivity contribution in [3.8, 4) is 0 Å². The van der Waals surface area contributed by atoms with Crippen molar-refractivity contribution in [2.75, 3.05) is 13.7 Å². The highest BCUT2D eigenvalue weighted by molar-refractivity contribution is 6.30. The molecule has 0 aliphatic carbocycles. The van der Waals surface area contributed by atoms with Crippen molar-refractivity contribution >= 4 is 29.2 Å². The second kappa shape index (κ2) is 8.44. The molecule has 2 aromatic rings. The maximum Gasteiger partial charge on any atom is 0.338 e. The van der Waals surface area contributed by atoms with E-state index in [0.717, 1.165) is 17.7 Å². The van der Waals surface area contributed by atoms with Gasteiger partial charge in [0.2, 0.25) is 0 Å². The molecule has 0 bridgehead atoms. The lowest BCUT2D eigenvalue weighted by Crippen LogP contribution is -2.26. The van der Waals surface area contributed by atoms with E-state index in [-0.39, 0.29) is 30.0 Å². The van der Waals surface area contributed by atoms with Crippen LogP contribution in [0.25, 0.3) is 0 Å². The first-order valence-corrected chi connectivity index (χ1v) is 8.16. The van der Waals surface area contributed by atoms with Gasteiger partial charge in [0.25, 0.3) is 11.6 Å². The summed E-state index contributed by atoms with van der Waals surface area (Å²) < 4.78 is 4.87. The van der Waals surface area contributed by atoms with Crippen molar-refractivity contribution in [3.05, 3.63) is 74.3 Å². The number of benzene rings is 2. The summed E-state index contributed by atoms with van der Waals surface area (Å²) in [6.45, 7) is 2.01. The molecule has 7 nitrogen and oxygen atoms in total. The molecule has 2 aromatic carbocycles. The number of carbonyl (C=O) groups is 2. The van der Waals surface area contributed by atoms with Gasteiger partial charge in [-0.1, -0.05) is 23.7 Å². The number of ether oxygens (including phenoxy) is 1. The maximum atomic E-state index is 12.7. The Balaban J connectivity index is 2.31. The number of nitrogens with zero attached hydrogens (tertiary/aromatic N) is 2. The molecule has 0 spiro atoms. The number of esters is 1. The third-order valence-corrected chi connectivity index (χ3v) is 3.78. The van der Waals surface area contributed by atoms with E-state index in [0.29, 0.717) is 5.02 Å². The minimum Gasteiger partial charge on any atom is -0.462 e. The van der Waals surface area contributed by atoms with Crippen LogP contribution >= 0.6 is 11.6 Å². The lowest BCUT2D eigenvalue weighted by Gasteiger charge is -2.18. The third kappa shape index (κ3) is 4.80. The summed E-state index contributed by atoms with van der Waals surface area (Å²) in [5, 5.41) is 11.7. The van der Waals surface area contributed by atoms with Crippen LogP contribution in [0, 0.1) is 10.1 Å². The molecule has 0 heterocycles. The molecule has 8 heteroatoms. The molecular formula is C18H17ClN2O5. The zero-order valence-corrected chi connectivity index (χ0v) is 15.0. The Labute approximate surface area is 155 Å². The van der Waals surface area contributed by atoms with Gasteiger partial charge in [0.15, 0.2) is 0 Å². The molecule has 0 fully saturated rings. The molecule has 0 radical (unpaired) electrons. The van der Waals surface area contributed by atoms with E-state index in [1.54, 1.807) is 32.2 Å². The van der Waals surface area contributed by atoms with Crippen molar-refractivity contribution < 1.29 is 19.2 Å². The Hall–Kier alpha value is -2.93. The largest absolute Gasteiger partial charge is 0.462 e. The van der Waals surface area contributed by atoms with Gasteiger partial charge in [-0.2, -0.15) is 0 Å². The molecule has 0 aliphatic rings. The fourth-order valence-corrected chi connectivity index (χ4v) is 2.59. The maximum absolute atomic E-state index is 12.7. The number of nitro benzene ring substituents is 1. The van der Waals surface area contributed by atoms with E-state index in [1.807, 2.05) is 6.07 Å². The summed E-state index contributed by atoms with van der Waals surface area (Å²) in [6.07, 6.45) is 0. The topological polar surface area (TPSA) is 89.8 Å². The van der Waals surface area contributed by atoms with Gasteiger partial charge in [-0.15, -0.1) is 0 Å². The Morgan fingerprint density at radius 1 is 1.19 bits per heavy atom. The van der Waals surface area contributed by atoms with Gasteiger partial charge in [-0.3, -0.25) is 14.9 Å². The Bertz CT molecular complexity index is 853. The number of amides is 1. The standard InChI is InChI=1S/C18H17ClN2O5/c1-3-26-18(23)14-8-13(9-16(10-14)21(24)25)17(22)20(2)11-12-5-4-6-15(19)7-12/h4-10H,3,11H2,1-2H3. The van der Waals surface area contributed by atoms with Gasteiger partial charge in [0, 0.05) is 36.3 Å². The van der Waals surface area contributed by atoms with Gasteiger partial charge in [0.1, 0.15) is 0 Å². The van der Waals surface area contributed by atoms with Crippen LogP contribution in [0.15, 0.2) is 42.5 Å². The molecule has 0 aliphatic heterocycles. The molecule has 0 saturated heterocycles. The minimum atomic E-state index is -0.720. The van der Waals surface area contributed by atoms with Gasteiger partial charge < -0.3 is 9.64 Å². The number of rotatable bonds is 6. The average molecular weight is 377 g/mol. The number of halogens is 1. The van der Waals surface area contributed by atoms with Crippen LogP contribution in [-0.4, -0.2) is 35.4 Å². The van der Waals surface area contributed by atoms with Crippen molar-refractivity contribution in [3.63, 3.8) is 0 Å². The Morgan fingerprint density at radius 2 is 1.88 bits per heavy atom. The smallest absolute Gasteiger partial charge is 0.338 e. The summed E-state index contributed by atoms with van der Waals surface area (Å²) in [5.74, 6) is -1.18. The highest BCUT2D eigenvalue weighted by atomic mass is 35.5. The van der Waals surface area contributed by atoms with Crippen molar-refractivity contribution in [2.45, 2.75) is 13.5 Å². The molecule has 0 N–H and O–H groups in total. The molecule has 136 valence electrons. The lowest BCUT2D eigenvalue weighted by molar-refractivity contribution is -0.384. The number of hydrogen-bond donors (Lipinski definition) is 0. The predicted octanol–water partition coefficient (Wildman–Crippen LogP) is 3.70. The van der Waals surface area contributed by atoms with Crippen LogP contribution in [0.2, 0.25) is 5.02 Å². The van der Waals surface area contributed by atoms with E-state index in [9.17, 15) is 19.7 Å². The van der Waals surface area contributed by atoms with Crippen molar-refractivity contribution in [2.24, 2.45) is 0 Å². The van der Waals surface area contributed by atoms with Crippen LogP contribution in [0.5, 0.6) is 0 Å². The summed E-state index contributed by atoms with van der Waals surface area (Å²) in [7, 11) is 1.56. The highest BCUT2D eigenvalue weighted by Gasteiger charge is 2.20. The second-order valence-electron chi connectivity index (χ2n) is 5.54. The fraction of sp³-hybridized carbons (Fsp3) is 0.222. The van der Waals surface area contributed by atoms with Crippen LogP contribution < -0.4 is 0 Å². The van der Waals surface area contributed by atoms with E-state index >= 15 is 0 Å². The van der Waals surface area contributed by atoms with Gasteiger partial charge >= 0.3 is 5.97 Å². The quantitative estimate of drug-likeness (QED) is 0.435. The molecule has 2 rings (SSSR count). The Morgan fingerprint density at radius 3 is 2.50 bits per heavy atom. The molecular weight excluding hydrogens is 360 g/mol. The first kappa shape index (κ1) is 19.4. The SMILES string of the molecule is CCOC(=O)c1cc(C(=O)N(C)Cc2cccc(Cl)c2)cc([N+](=O)[O-])c1. The molecule has 0 saturated carbocycles. The fourth-order valence-electron chi connectivity index (χ4n) is 2.37. The zero-order chi connectivity index (χ0) is 19.3. The summed E-state index contributed by atoms with van der Waals surface area (Å²) in [5.41, 5.74) is 0.451. The first-order chi connectivity index (χ1) is 12.3. The van der Waals surface area contributed by atoms with E-state index in [2.05, 4.69) is 0 Å². The molecule has 0 aromatic heterocycles. The minimum absolute atomic E-state index is 0.0341. The number of nitro groups is 1. The third-order valence-electron chi connectivity index (χ3n) is 3.54. The first-order valence-electron chi connectivity index (χ1n) is 7.78. The lowest BCUT2D eigenvalue weighted by atomic mass is 10.1. The average Bonchev–Trinajstić information content (AvgIpc) is 2.60. The number of carbonyl (C=O) groups excluding carboxylic acids is 2. The Kier molecular flexibility index (Phi) is 6.30. The van der Waals surface area contributed by atoms with Crippen molar-refractivity contribution in [1.82, 2.24) is 4.90 Å². The highest BCUT2D eigenvalue weighted by Crippen LogP contribution is 2.20. The zero-order valence-electron chi connectivity index (χ0n) is 14.3. The van der Waals surface area contributed by atoms with Crippen LogP contribution in [0.3, 0.4) is 0 Å². The molecule has 1 amide bonds. The van der Waals surface area contributed by atoms with Crippen molar-refractivity contribution in [1.29, 1.82) is 0 Å². The molecule has 26 heavy (non-hydrogen) atoms. The van der Waals surface area contributed by atoms with Gasteiger partial charge in [-0.25, -0.2) is 4.79 Å². The second-order valence-corrected chi connectivity index (χ2v) is 5.97. The summed E-state index contributed by atoms with van der Waals surface area (Å²) in [4.78, 5) is 36.4. The van der Waals surface area contributed by atoms with Crippen LogP contribution in [0.4, 0.5) is 5.69 Å². The normalized spacial score (nSPS) is 10.3. The van der Waals surface area contributed by atoms with E-state index in [1.165, 1.54) is 11.0 Å². The van der Waals surface area contributed by atoms with E-state index in [4.69, 9.17) is 16.3 Å². The van der Waals surface area contributed by atoms with Crippen LogP contribution in [-0.2, 0) is 11.3 Å². The summed E-state index contributed by atoms with van der Waals surface area (Å²) >= 11 is 5.94. The predicted molar refractivity (Wildman–Crippen MR) is 96.3 cm³/mol. The summed E-state index contributed by atoms with van der Waals surface area (Å²) in [6, 6.07) is 10.5. The molecule has 0 unspecified atom stereocenters.